The number of benzene rings is 2. The number of hydrogen-bond acceptors (Lipinski definition) is 3. The fourth-order valence-electron chi connectivity index (χ4n) is 2.98. The van der Waals surface area contributed by atoms with Gasteiger partial charge in [0.25, 0.3) is 0 Å². The first-order valence-corrected chi connectivity index (χ1v) is 9.74. The van der Waals surface area contributed by atoms with Gasteiger partial charge in [0.1, 0.15) is 6.04 Å². The molecule has 25 heavy (non-hydrogen) atoms. The van der Waals surface area contributed by atoms with Gasteiger partial charge in [-0.25, -0.2) is 8.42 Å². The number of hydrogen-bond donors (Lipinski definition) is 1. The molecule has 6 heteroatoms. The summed E-state index contributed by atoms with van der Waals surface area (Å²) < 4.78 is 27.6. The van der Waals surface area contributed by atoms with E-state index in [4.69, 9.17) is 0 Å². The Labute approximate surface area is 148 Å². The summed E-state index contributed by atoms with van der Waals surface area (Å²) in [6.45, 7) is 6.35. The van der Waals surface area contributed by atoms with Gasteiger partial charge in [0.15, 0.2) is 0 Å². The van der Waals surface area contributed by atoms with Gasteiger partial charge < -0.3 is 4.90 Å². The van der Waals surface area contributed by atoms with Crippen LogP contribution in [0.4, 0.5) is 5.69 Å². The molecule has 0 radical (unpaired) electrons. The highest BCUT2D eigenvalue weighted by Crippen LogP contribution is 2.25. The zero-order valence-corrected chi connectivity index (χ0v) is 15.4. The van der Waals surface area contributed by atoms with Crippen LogP contribution in [0.5, 0.6) is 0 Å². The Bertz CT molecular complexity index is 922. The van der Waals surface area contributed by atoms with Crippen molar-refractivity contribution in [1.82, 2.24) is 4.72 Å². The smallest absolute Gasteiger partial charge is 0.245 e. The minimum Gasteiger partial charge on any atom is -0.311 e. The van der Waals surface area contributed by atoms with Gasteiger partial charge in [-0.15, -0.1) is 0 Å². The normalized spacial score (nSPS) is 18.0. The Morgan fingerprint density at radius 3 is 2.48 bits per heavy atom. The third kappa shape index (κ3) is 3.60. The first kappa shape index (κ1) is 17.6. The molecule has 3 rings (SSSR count). The predicted octanol–water partition coefficient (Wildman–Crippen LogP) is 2.70. The number of sulfonamides is 1. The van der Waals surface area contributed by atoms with E-state index in [0.29, 0.717) is 13.0 Å². The van der Waals surface area contributed by atoms with Crippen molar-refractivity contribution in [2.24, 2.45) is 0 Å². The molecule has 1 heterocycles. The molecule has 1 fully saturated rings. The number of amides is 1. The van der Waals surface area contributed by atoms with Gasteiger partial charge in [0, 0.05) is 12.2 Å². The second kappa shape index (κ2) is 6.61. The summed E-state index contributed by atoms with van der Waals surface area (Å²) in [5.41, 5.74) is 3.93. The molecule has 5 nitrogen and oxygen atoms in total. The van der Waals surface area contributed by atoms with Crippen molar-refractivity contribution in [3.05, 3.63) is 59.2 Å². The fourth-order valence-corrected chi connectivity index (χ4v) is 4.31. The number of aryl methyl sites for hydroxylation is 3. The van der Waals surface area contributed by atoms with Gasteiger partial charge in [-0.2, -0.15) is 4.72 Å². The Hall–Kier alpha value is -2.18. The number of carbonyl (C=O) groups is 1. The fraction of sp³-hybridized carbons (Fsp3) is 0.316. The minimum atomic E-state index is -3.72. The first-order valence-electron chi connectivity index (χ1n) is 8.25. The maximum atomic E-state index is 12.7. The molecule has 0 unspecified atom stereocenters. The van der Waals surface area contributed by atoms with E-state index in [1.165, 1.54) is 6.07 Å². The van der Waals surface area contributed by atoms with E-state index in [-0.39, 0.29) is 10.8 Å². The lowest BCUT2D eigenvalue weighted by molar-refractivity contribution is -0.118. The summed E-state index contributed by atoms with van der Waals surface area (Å²) in [5.74, 6) is -0.209. The molecule has 1 amide bonds. The van der Waals surface area contributed by atoms with Gasteiger partial charge in [-0.1, -0.05) is 18.2 Å². The minimum absolute atomic E-state index is 0.185. The molecule has 2 aromatic rings. The highest BCUT2D eigenvalue weighted by atomic mass is 32.2. The largest absolute Gasteiger partial charge is 0.311 e. The molecule has 1 N–H and O–H groups in total. The summed E-state index contributed by atoms with van der Waals surface area (Å²) in [6, 6.07) is 11.8. The number of rotatable bonds is 4. The average molecular weight is 358 g/mol. The van der Waals surface area contributed by atoms with Crippen molar-refractivity contribution >= 4 is 21.6 Å². The number of nitrogens with one attached hydrogen (secondary N) is 1. The quantitative estimate of drug-likeness (QED) is 0.914. The molecule has 1 aliphatic heterocycles. The Balaban J connectivity index is 1.79. The van der Waals surface area contributed by atoms with Crippen LogP contribution < -0.4 is 9.62 Å². The lowest BCUT2D eigenvalue weighted by atomic mass is 10.1. The van der Waals surface area contributed by atoms with E-state index in [9.17, 15) is 13.2 Å². The first-order chi connectivity index (χ1) is 11.8. The molecular weight excluding hydrogens is 336 g/mol. The maximum Gasteiger partial charge on any atom is 0.245 e. The molecule has 2 aromatic carbocycles. The third-order valence-corrected chi connectivity index (χ3v) is 6.07. The predicted molar refractivity (Wildman–Crippen MR) is 98.2 cm³/mol. The van der Waals surface area contributed by atoms with Gasteiger partial charge >= 0.3 is 0 Å². The van der Waals surface area contributed by atoms with E-state index < -0.39 is 16.1 Å². The van der Waals surface area contributed by atoms with Crippen molar-refractivity contribution in [2.45, 2.75) is 38.1 Å². The highest BCUT2D eigenvalue weighted by molar-refractivity contribution is 7.89. The second-order valence-corrected chi connectivity index (χ2v) is 8.25. The Kier molecular flexibility index (Phi) is 4.67. The monoisotopic (exact) mass is 358 g/mol. The van der Waals surface area contributed by atoms with E-state index in [1.807, 2.05) is 45.0 Å². The zero-order valence-electron chi connectivity index (χ0n) is 14.6. The molecule has 1 atom stereocenters. The molecule has 0 spiro atoms. The van der Waals surface area contributed by atoms with Crippen molar-refractivity contribution < 1.29 is 13.2 Å². The molecule has 0 bridgehead atoms. The van der Waals surface area contributed by atoms with Crippen LogP contribution in [0.25, 0.3) is 0 Å². The standard InChI is InChI=1S/C19H22N2O3S/c1-13-5-4-6-17(11-13)25(23,24)20-18-9-10-21(19(18)22)16-8-7-14(2)15(3)12-16/h4-8,11-12,18,20H,9-10H2,1-3H3/t18-/m0/s1. The molecule has 0 saturated carbocycles. The number of anilines is 1. The molecular formula is C19H22N2O3S. The highest BCUT2D eigenvalue weighted by Gasteiger charge is 2.35. The van der Waals surface area contributed by atoms with Gasteiger partial charge in [0.2, 0.25) is 15.9 Å². The maximum absolute atomic E-state index is 12.7. The molecule has 132 valence electrons. The SMILES string of the molecule is Cc1cccc(S(=O)(=O)N[C@H]2CCN(c3ccc(C)c(C)c3)C2=O)c1. The lowest BCUT2D eigenvalue weighted by Crippen LogP contribution is -2.41. The summed E-state index contributed by atoms with van der Waals surface area (Å²) in [7, 11) is -3.72. The summed E-state index contributed by atoms with van der Waals surface area (Å²) >= 11 is 0. The van der Waals surface area contributed by atoms with Crippen LogP contribution in [0.3, 0.4) is 0 Å². The van der Waals surface area contributed by atoms with Crippen molar-refractivity contribution in [2.75, 3.05) is 11.4 Å². The van der Waals surface area contributed by atoms with Crippen molar-refractivity contribution in [1.29, 1.82) is 0 Å². The average Bonchev–Trinajstić information content (AvgIpc) is 2.90. The molecule has 1 aliphatic rings. The van der Waals surface area contributed by atoms with Crippen molar-refractivity contribution in [3.8, 4) is 0 Å². The molecule has 0 aromatic heterocycles. The van der Waals surface area contributed by atoms with E-state index >= 15 is 0 Å². The van der Waals surface area contributed by atoms with E-state index in [1.54, 1.807) is 17.0 Å². The van der Waals surface area contributed by atoms with Crippen LogP contribution in [-0.4, -0.2) is 26.9 Å². The van der Waals surface area contributed by atoms with Crippen LogP contribution in [-0.2, 0) is 14.8 Å². The Morgan fingerprint density at radius 1 is 1.04 bits per heavy atom. The number of nitrogens with zero attached hydrogens (tertiary/aromatic N) is 1. The summed E-state index contributed by atoms with van der Waals surface area (Å²) in [5, 5.41) is 0. The van der Waals surface area contributed by atoms with E-state index in [0.717, 1.165) is 22.4 Å². The Morgan fingerprint density at radius 2 is 1.80 bits per heavy atom. The van der Waals surface area contributed by atoms with Gasteiger partial charge in [-0.3, -0.25) is 4.79 Å². The van der Waals surface area contributed by atoms with E-state index in [2.05, 4.69) is 4.72 Å². The van der Waals surface area contributed by atoms with Crippen LogP contribution in [0.15, 0.2) is 47.4 Å². The zero-order chi connectivity index (χ0) is 18.2. The molecule has 0 aliphatic carbocycles. The summed E-state index contributed by atoms with van der Waals surface area (Å²) in [4.78, 5) is 14.5. The summed E-state index contributed by atoms with van der Waals surface area (Å²) in [6.07, 6.45) is 0.455. The van der Waals surface area contributed by atoms with Crippen LogP contribution >= 0.6 is 0 Å². The molecule has 1 saturated heterocycles. The third-order valence-electron chi connectivity index (χ3n) is 4.60. The van der Waals surface area contributed by atoms with Crippen LogP contribution in [0.2, 0.25) is 0 Å². The van der Waals surface area contributed by atoms with Crippen molar-refractivity contribution in [3.63, 3.8) is 0 Å². The number of carbonyl (C=O) groups excluding carboxylic acids is 1. The van der Waals surface area contributed by atoms with Crippen LogP contribution in [0, 0.1) is 20.8 Å². The second-order valence-electron chi connectivity index (χ2n) is 6.54. The van der Waals surface area contributed by atoms with Gasteiger partial charge in [-0.05, 0) is 68.1 Å². The van der Waals surface area contributed by atoms with Gasteiger partial charge in [0.05, 0.1) is 4.90 Å². The topological polar surface area (TPSA) is 66.5 Å². The van der Waals surface area contributed by atoms with Crippen LogP contribution in [0.1, 0.15) is 23.1 Å². The lowest BCUT2D eigenvalue weighted by Gasteiger charge is -2.18.